The molecule has 0 spiro atoms. The lowest BCUT2D eigenvalue weighted by molar-refractivity contribution is -0.126. The van der Waals surface area contributed by atoms with Crippen LogP contribution < -0.4 is 4.90 Å². The minimum atomic E-state index is 0.0205. The molecule has 1 aliphatic heterocycles. The normalized spacial score (nSPS) is 15.4. The van der Waals surface area contributed by atoms with Gasteiger partial charge in [-0.15, -0.1) is 0 Å². The Morgan fingerprint density at radius 2 is 1.78 bits per heavy atom. The molecule has 23 heavy (non-hydrogen) atoms. The summed E-state index contributed by atoms with van der Waals surface area (Å²) in [5, 5.41) is 0.736. The van der Waals surface area contributed by atoms with Crippen molar-refractivity contribution in [2.24, 2.45) is 0 Å². The zero-order valence-electron chi connectivity index (χ0n) is 12.4. The Morgan fingerprint density at radius 1 is 1.09 bits per heavy atom. The molecule has 0 radical (unpaired) electrons. The van der Waals surface area contributed by atoms with Gasteiger partial charge in [-0.1, -0.05) is 11.6 Å². The van der Waals surface area contributed by atoms with Crippen molar-refractivity contribution in [1.29, 1.82) is 0 Å². The predicted octanol–water partition coefficient (Wildman–Crippen LogP) is 3.90. The number of benzene rings is 1. The minimum Gasteiger partial charge on any atom is -0.451 e. The van der Waals surface area contributed by atoms with E-state index in [1.165, 1.54) is 0 Å². The van der Waals surface area contributed by atoms with Gasteiger partial charge in [0.1, 0.15) is 5.76 Å². The summed E-state index contributed by atoms with van der Waals surface area (Å²) < 4.78 is 6.23. The maximum atomic E-state index is 12.2. The van der Waals surface area contributed by atoms with Gasteiger partial charge in [0.2, 0.25) is 5.91 Å². The lowest BCUT2D eigenvalue weighted by atomic mass is 10.2. The van der Waals surface area contributed by atoms with Crippen LogP contribution in [-0.4, -0.2) is 37.0 Å². The van der Waals surface area contributed by atoms with Gasteiger partial charge in [-0.2, -0.15) is 0 Å². The predicted molar refractivity (Wildman–Crippen MR) is 101 cm³/mol. The number of hydrogen-bond donors (Lipinski definition) is 0. The number of hydrogen-bond acceptors (Lipinski definition) is 3. The van der Waals surface area contributed by atoms with Gasteiger partial charge in [-0.05, 0) is 65.1 Å². The molecule has 0 N–H and O–H groups in total. The number of anilines is 1. The van der Waals surface area contributed by atoms with E-state index < -0.39 is 0 Å². The van der Waals surface area contributed by atoms with E-state index in [-0.39, 0.29) is 5.91 Å². The van der Waals surface area contributed by atoms with E-state index in [1.807, 2.05) is 41.3 Å². The van der Waals surface area contributed by atoms with Crippen LogP contribution in [0.2, 0.25) is 5.02 Å². The highest BCUT2D eigenvalue weighted by Gasteiger charge is 2.19. The highest BCUT2D eigenvalue weighted by Crippen LogP contribution is 2.19. The maximum Gasteiger partial charge on any atom is 0.246 e. The molecule has 120 valence electrons. The maximum absolute atomic E-state index is 12.2. The van der Waals surface area contributed by atoms with E-state index in [2.05, 4.69) is 27.5 Å². The van der Waals surface area contributed by atoms with Crippen molar-refractivity contribution in [2.45, 2.75) is 0 Å². The van der Waals surface area contributed by atoms with E-state index in [9.17, 15) is 4.79 Å². The molecule has 1 aliphatic rings. The van der Waals surface area contributed by atoms with E-state index in [0.717, 1.165) is 27.6 Å². The van der Waals surface area contributed by atoms with Crippen LogP contribution in [0.3, 0.4) is 0 Å². The fourth-order valence-electron chi connectivity index (χ4n) is 2.51. The number of carbonyl (C=O) groups is 1. The molecule has 0 aliphatic carbocycles. The van der Waals surface area contributed by atoms with E-state index in [0.29, 0.717) is 18.8 Å². The molecule has 1 amide bonds. The molecule has 3 rings (SSSR count). The Labute approximate surface area is 153 Å². The quantitative estimate of drug-likeness (QED) is 0.534. The molecule has 6 heteroatoms. The summed E-state index contributed by atoms with van der Waals surface area (Å²) in [7, 11) is 0. The summed E-state index contributed by atoms with van der Waals surface area (Å²) in [5.41, 5.74) is 1.14. The largest absolute Gasteiger partial charge is 0.451 e. The Hall–Kier alpha value is -1.47. The number of nitrogens with zero attached hydrogens (tertiary/aromatic N) is 2. The van der Waals surface area contributed by atoms with Crippen molar-refractivity contribution in [3.05, 3.63) is 57.0 Å². The third-order valence-corrected chi connectivity index (χ3v) is 4.60. The highest BCUT2D eigenvalue weighted by atomic mass is 127. The average Bonchev–Trinajstić information content (AvgIpc) is 2.99. The van der Waals surface area contributed by atoms with Crippen molar-refractivity contribution in [3.8, 4) is 0 Å². The van der Waals surface area contributed by atoms with Gasteiger partial charge in [-0.25, -0.2) is 0 Å². The van der Waals surface area contributed by atoms with Crippen LogP contribution in [0.15, 0.2) is 46.9 Å². The van der Waals surface area contributed by atoms with Crippen LogP contribution in [0.25, 0.3) is 6.08 Å². The first-order chi connectivity index (χ1) is 11.1. The topological polar surface area (TPSA) is 36.7 Å². The van der Waals surface area contributed by atoms with E-state index in [4.69, 9.17) is 16.0 Å². The molecule has 0 saturated carbocycles. The first-order valence-corrected chi connectivity index (χ1v) is 8.80. The molecular formula is C17H16ClIN2O2. The molecule has 1 aromatic heterocycles. The zero-order chi connectivity index (χ0) is 16.2. The minimum absolute atomic E-state index is 0.0205. The van der Waals surface area contributed by atoms with Gasteiger partial charge >= 0.3 is 0 Å². The van der Waals surface area contributed by atoms with Crippen molar-refractivity contribution in [1.82, 2.24) is 4.90 Å². The number of furan rings is 1. The fraction of sp³-hybridized carbons (Fsp3) is 0.235. The van der Waals surface area contributed by atoms with Gasteiger partial charge in [0, 0.05) is 43.0 Å². The summed E-state index contributed by atoms with van der Waals surface area (Å²) in [6.45, 7) is 3.06. The molecule has 0 atom stereocenters. The Bertz CT molecular complexity index is 704. The number of carbonyl (C=O) groups excluding carboxylic acids is 1. The lowest BCUT2D eigenvalue weighted by Gasteiger charge is -2.35. The van der Waals surface area contributed by atoms with Crippen LogP contribution in [0.4, 0.5) is 5.69 Å². The summed E-state index contributed by atoms with van der Waals surface area (Å²) >= 11 is 8.02. The van der Waals surface area contributed by atoms with Crippen molar-refractivity contribution in [3.63, 3.8) is 0 Å². The zero-order valence-corrected chi connectivity index (χ0v) is 15.3. The smallest absolute Gasteiger partial charge is 0.246 e. The van der Waals surface area contributed by atoms with E-state index in [1.54, 1.807) is 12.2 Å². The lowest BCUT2D eigenvalue weighted by Crippen LogP contribution is -2.48. The third kappa shape index (κ3) is 4.29. The summed E-state index contributed by atoms with van der Waals surface area (Å²) in [6, 6.07) is 11.5. The monoisotopic (exact) mass is 442 g/mol. The fourth-order valence-corrected chi connectivity index (χ4v) is 3.07. The first-order valence-electron chi connectivity index (χ1n) is 7.35. The molecule has 1 fully saturated rings. The summed E-state index contributed by atoms with van der Waals surface area (Å²) in [5.74, 6) is 0.717. The Morgan fingerprint density at radius 3 is 2.39 bits per heavy atom. The number of halogens is 2. The van der Waals surface area contributed by atoms with Gasteiger partial charge in [0.15, 0.2) is 3.77 Å². The van der Waals surface area contributed by atoms with Gasteiger partial charge in [0.05, 0.1) is 0 Å². The second-order valence-corrected chi connectivity index (χ2v) is 6.76. The molecule has 2 aromatic rings. The molecule has 0 unspecified atom stereocenters. The molecule has 2 heterocycles. The van der Waals surface area contributed by atoms with Crippen LogP contribution in [0.5, 0.6) is 0 Å². The standard InChI is InChI=1S/C17H16ClIN2O2/c18-13-1-3-14(4-2-13)20-9-11-21(12-10-20)17(22)8-6-15-5-7-16(19)23-15/h1-8H,9-12H2/b8-6+. The molecule has 4 nitrogen and oxygen atoms in total. The second-order valence-electron chi connectivity index (χ2n) is 5.26. The van der Waals surface area contributed by atoms with Crippen LogP contribution in [-0.2, 0) is 4.79 Å². The average molecular weight is 443 g/mol. The molecule has 1 saturated heterocycles. The van der Waals surface area contributed by atoms with Crippen molar-refractivity contribution in [2.75, 3.05) is 31.1 Å². The SMILES string of the molecule is O=C(/C=C/c1ccc(I)o1)N1CCN(c2ccc(Cl)cc2)CC1. The van der Waals surface area contributed by atoms with Gasteiger partial charge in [0.25, 0.3) is 0 Å². The Kier molecular flexibility index (Phi) is 5.27. The number of amides is 1. The number of piperazine rings is 1. The molecule has 0 bridgehead atoms. The van der Waals surface area contributed by atoms with Crippen LogP contribution in [0, 0.1) is 3.77 Å². The van der Waals surface area contributed by atoms with Gasteiger partial charge in [-0.3, -0.25) is 4.79 Å². The van der Waals surface area contributed by atoms with Gasteiger partial charge < -0.3 is 14.2 Å². The Balaban J connectivity index is 1.55. The van der Waals surface area contributed by atoms with Crippen molar-refractivity contribution >= 4 is 51.9 Å². The third-order valence-electron chi connectivity index (χ3n) is 3.77. The molecular weight excluding hydrogens is 427 g/mol. The first kappa shape index (κ1) is 16.4. The van der Waals surface area contributed by atoms with Crippen LogP contribution >= 0.6 is 34.2 Å². The summed E-state index contributed by atoms with van der Waals surface area (Å²) in [4.78, 5) is 16.3. The summed E-state index contributed by atoms with van der Waals surface area (Å²) in [6.07, 6.45) is 3.29. The van der Waals surface area contributed by atoms with Crippen molar-refractivity contribution < 1.29 is 9.21 Å². The van der Waals surface area contributed by atoms with E-state index >= 15 is 0 Å². The molecule has 1 aromatic carbocycles. The number of rotatable bonds is 3. The van der Waals surface area contributed by atoms with Crippen LogP contribution in [0.1, 0.15) is 5.76 Å². The second kappa shape index (κ2) is 7.40. The highest BCUT2D eigenvalue weighted by molar-refractivity contribution is 14.1.